The normalized spacial score (nSPS) is 10.3. The molecule has 0 radical (unpaired) electrons. The van der Waals surface area contributed by atoms with E-state index >= 15 is 0 Å². The summed E-state index contributed by atoms with van der Waals surface area (Å²) in [6, 6.07) is 6.54. The first-order chi connectivity index (χ1) is 9.17. The van der Waals surface area contributed by atoms with Crippen molar-refractivity contribution in [3.8, 4) is 0 Å². The van der Waals surface area contributed by atoms with Gasteiger partial charge in [0.1, 0.15) is 11.6 Å². The van der Waals surface area contributed by atoms with Gasteiger partial charge in [-0.2, -0.15) is 4.98 Å². The van der Waals surface area contributed by atoms with Crippen molar-refractivity contribution in [2.75, 3.05) is 17.2 Å². The largest absolute Gasteiger partial charge is 0.354 e. The monoisotopic (exact) mass is 260 g/mol. The summed E-state index contributed by atoms with van der Waals surface area (Å²) in [5.74, 6) is 0.944. The maximum absolute atomic E-state index is 13.3. The summed E-state index contributed by atoms with van der Waals surface area (Å²) >= 11 is 0. The Bertz CT molecular complexity index is 537. The number of hydrogen-bond acceptors (Lipinski definition) is 4. The van der Waals surface area contributed by atoms with Crippen LogP contribution in [0.4, 0.5) is 21.8 Å². The molecule has 1 aromatic carbocycles. The van der Waals surface area contributed by atoms with Crippen LogP contribution >= 0.6 is 0 Å². The van der Waals surface area contributed by atoms with E-state index in [0.29, 0.717) is 17.5 Å². The van der Waals surface area contributed by atoms with Crippen molar-refractivity contribution >= 4 is 17.5 Å². The van der Waals surface area contributed by atoms with Crippen molar-refractivity contribution in [2.45, 2.75) is 20.3 Å². The Balaban J connectivity index is 2.13. The molecule has 100 valence electrons. The summed E-state index contributed by atoms with van der Waals surface area (Å²) in [5, 5.41) is 6.18. The fourth-order valence-electron chi connectivity index (χ4n) is 1.71. The fourth-order valence-corrected chi connectivity index (χ4v) is 1.71. The lowest BCUT2D eigenvalue weighted by atomic mass is 10.2. The van der Waals surface area contributed by atoms with Crippen molar-refractivity contribution in [1.29, 1.82) is 0 Å². The Labute approximate surface area is 112 Å². The molecule has 2 aromatic rings. The molecular weight excluding hydrogens is 243 g/mol. The number of nitrogens with one attached hydrogen (secondary N) is 2. The molecule has 19 heavy (non-hydrogen) atoms. The Hall–Kier alpha value is -2.17. The van der Waals surface area contributed by atoms with Crippen LogP contribution in [0.15, 0.2) is 30.5 Å². The summed E-state index contributed by atoms with van der Waals surface area (Å²) in [6.07, 6.45) is 2.67. The van der Waals surface area contributed by atoms with Crippen molar-refractivity contribution in [2.24, 2.45) is 0 Å². The van der Waals surface area contributed by atoms with Crippen LogP contribution in [0.3, 0.4) is 0 Å². The van der Waals surface area contributed by atoms with Gasteiger partial charge in [0, 0.05) is 18.4 Å². The molecule has 5 heteroatoms. The molecule has 2 N–H and O–H groups in total. The third kappa shape index (κ3) is 3.91. The fraction of sp³-hybridized carbons (Fsp3) is 0.286. The first kappa shape index (κ1) is 13.3. The lowest BCUT2D eigenvalue weighted by molar-refractivity contribution is 0.627. The minimum atomic E-state index is -0.263. The third-order valence-electron chi connectivity index (χ3n) is 2.50. The average Bonchev–Trinajstić information content (AvgIpc) is 2.35. The summed E-state index contributed by atoms with van der Waals surface area (Å²) in [4.78, 5) is 8.43. The number of hydrogen-bond donors (Lipinski definition) is 2. The average molecular weight is 260 g/mol. The van der Waals surface area contributed by atoms with E-state index in [9.17, 15) is 4.39 Å². The Kier molecular flexibility index (Phi) is 4.28. The van der Waals surface area contributed by atoms with E-state index < -0.39 is 0 Å². The summed E-state index contributed by atoms with van der Waals surface area (Å²) < 4.78 is 13.3. The first-order valence-electron chi connectivity index (χ1n) is 6.28. The van der Waals surface area contributed by atoms with Gasteiger partial charge in [0.2, 0.25) is 5.95 Å². The van der Waals surface area contributed by atoms with Crippen LogP contribution in [0.5, 0.6) is 0 Å². The van der Waals surface area contributed by atoms with Crippen LogP contribution in [-0.4, -0.2) is 16.5 Å². The third-order valence-corrected chi connectivity index (χ3v) is 2.50. The topological polar surface area (TPSA) is 49.8 Å². The van der Waals surface area contributed by atoms with Crippen molar-refractivity contribution in [1.82, 2.24) is 9.97 Å². The Morgan fingerprint density at radius 1 is 1.26 bits per heavy atom. The highest BCUT2D eigenvalue weighted by atomic mass is 19.1. The second kappa shape index (κ2) is 6.13. The highest BCUT2D eigenvalue weighted by Gasteiger charge is 2.01. The van der Waals surface area contributed by atoms with Crippen LogP contribution in [0, 0.1) is 12.7 Å². The predicted octanol–water partition coefficient (Wildman–Crippen LogP) is 3.49. The van der Waals surface area contributed by atoms with E-state index in [1.165, 1.54) is 12.1 Å². The molecule has 0 atom stereocenters. The van der Waals surface area contributed by atoms with Crippen LogP contribution in [0.2, 0.25) is 0 Å². The van der Waals surface area contributed by atoms with E-state index in [0.717, 1.165) is 18.5 Å². The molecule has 0 aliphatic rings. The highest BCUT2D eigenvalue weighted by Crippen LogP contribution is 2.18. The van der Waals surface area contributed by atoms with Crippen molar-refractivity contribution in [3.63, 3.8) is 0 Å². The van der Waals surface area contributed by atoms with E-state index in [1.807, 2.05) is 13.0 Å². The van der Waals surface area contributed by atoms with E-state index in [-0.39, 0.29) is 5.82 Å². The zero-order chi connectivity index (χ0) is 13.7. The number of anilines is 3. The van der Waals surface area contributed by atoms with Gasteiger partial charge in [-0.25, -0.2) is 9.37 Å². The van der Waals surface area contributed by atoms with Gasteiger partial charge in [-0.1, -0.05) is 6.92 Å². The van der Waals surface area contributed by atoms with E-state index in [4.69, 9.17) is 0 Å². The number of nitrogens with zero attached hydrogens (tertiary/aromatic N) is 2. The molecule has 0 fully saturated rings. The minimum Gasteiger partial charge on any atom is -0.354 e. The molecule has 0 aliphatic carbocycles. The molecule has 4 nitrogen and oxygen atoms in total. The molecule has 2 rings (SSSR count). The quantitative estimate of drug-likeness (QED) is 0.864. The van der Waals surface area contributed by atoms with Crippen LogP contribution < -0.4 is 10.6 Å². The van der Waals surface area contributed by atoms with Crippen LogP contribution in [0.1, 0.15) is 18.9 Å². The van der Waals surface area contributed by atoms with E-state index in [1.54, 1.807) is 12.3 Å². The van der Waals surface area contributed by atoms with Gasteiger partial charge in [-0.15, -0.1) is 0 Å². The summed E-state index contributed by atoms with van der Waals surface area (Å²) in [6.45, 7) is 4.75. The number of aromatic nitrogens is 2. The SMILES string of the molecule is CCCNc1nccc(Nc2cc(C)cc(F)c2)n1. The molecule has 1 heterocycles. The Morgan fingerprint density at radius 2 is 2.11 bits per heavy atom. The first-order valence-corrected chi connectivity index (χ1v) is 6.28. The molecule has 0 saturated heterocycles. The second-order valence-corrected chi connectivity index (χ2v) is 4.33. The predicted molar refractivity (Wildman–Crippen MR) is 75.2 cm³/mol. The summed E-state index contributed by atoms with van der Waals surface area (Å²) in [7, 11) is 0. The molecule has 1 aromatic heterocycles. The zero-order valence-corrected chi connectivity index (χ0v) is 11.1. The van der Waals surface area contributed by atoms with Crippen molar-refractivity contribution < 1.29 is 4.39 Å². The van der Waals surface area contributed by atoms with Gasteiger partial charge >= 0.3 is 0 Å². The molecule has 0 spiro atoms. The summed E-state index contributed by atoms with van der Waals surface area (Å²) in [5.41, 5.74) is 1.54. The molecule has 0 unspecified atom stereocenters. The van der Waals surface area contributed by atoms with Gasteiger partial charge in [0.05, 0.1) is 0 Å². The molecular formula is C14H17FN4. The van der Waals surface area contributed by atoms with Gasteiger partial charge in [0.25, 0.3) is 0 Å². The van der Waals surface area contributed by atoms with Crippen LogP contribution in [-0.2, 0) is 0 Å². The van der Waals surface area contributed by atoms with E-state index in [2.05, 4.69) is 27.5 Å². The lowest BCUT2D eigenvalue weighted by Crippen LogP contribution is -2.05. The van der Waals surface area contributed by atoms with Crippen LogP contribution in [0.25, 0.3) is 0 Å². The van der Waals surface area contributed by atoms with Gasteiger partial charge < -0.3 is 10.6 Å². The smallest absolute Gasteiger partial charge is 0.224 e. The Morgan fingerprint density at radius 3 is 2.84 bits per heavy atom. The number of aryl methyl sites for hydroxylation is 1. The molecule has 0 bridgehead atoms. The van der Waals surface area contributed by atoms with Crippen molar-refractivity contribution in [3.05, 3.63) is 41.8 Å². The molecule has 0 saturated carbocycles. The lowest BCUT2D eigenvalue weighted by Gasteiger charge is -2.08. The molecule has 0 aliphatic heterocycles. The standard InChI is InChI=1S/C14H17FN4/c1-3-5-16-14-17-6-4-13(19-14)18-12-8-10(2)7-11(15)9-12/h4,6-9H,3,5H2,1-2H3,(H2,16,17,18,19). The van der Waals surface area contributed by atoms with Gasteiger partial charge in [-0.3, -0.25) is 0 Å². The maximum atomic E-state index is 13.3. The van der Waals surface area contributed by atoms with Gasteiger partial charge in [0.15, 0.2) is 0 Å². The maximum Gasteiger partial charge on any atom is 0.224 e. The number of halogens is 1. The zero-order valence-electron chi connectivity index (χ0n) is 11.1. The minimum absolute atomic E-state index is 0.263. The highest BCUT2D eigenvalue weighted by molar-refractivity contribution is 5.57. The van der Waals surface area contributed by atoms with Gasteiger partial charge in [-0.05, 0) is 43.2 Å². The number of rotatable bonds is 5. The second-order valence-electron chi connectivity index (χ2n) is 4.33. The number of benzene rings is 1. The molecule has 0 amide bonds.